The normalized spacial score (nSPS) is 16.5. The first-order valence-electron chi connectivity index (χ1n) is 5.46. The highest BCUT2D eigenvalue weighted by Gasteiger charge is 2.19. The van der Waals surface area contributed by atoms with Crippen molar-refractivity contribution in [2.24, 2.45) is 0 Å². The Morgan fingerprint density at radius 2 is 2.12 bits per heavy atom. The summed E-state index contributed by atoms with van der Waals surface area (Å²) in [6.07, 6.45) is 0. The van der Waals surface area contributed by atoms with Crippen molar-refractivity contribution in [1.82, 2.24) is 4.98 Å². The van der Waals surface area contributed by atoms with Crippen molar-refractivity contribution in [2.75, 3.05) is 31.2 Å². The molecular weight excluding hydrogens is 222 g/mol. The Morgan fingerprint density at radius 3 is 2.62 bits per heavy atom. The number of aromatic nitrogens is 1. The average molecular weight is 237 g/mol. The van der Waals surface area contributed by atoms with Gasteiger partial charge in [0, 0.05) is 13.1 Å². The van der Waals surface area contributed by atoms with Crippen molar-refractivity contribution in [1.29, 1.82) is 5.26 Å². The summed E-state index contributed by atoms with van der Waals surface area (Å²) in [7, 11) is 0. The van der Waals surface area contributed by atoms with Crippen LogP contribution in [0.2, 0.25) is 0 Å². The summed E-state index contributed by atoms with van der Waals surface area (Å²) in [4.78, 5) is 7.51. The number of hydrogen-bond acceptors (Lipinski definition) is 5. The Bertz CT molecular complexity index is 402. The second kappa shape index (κ2) is 4.81. The molecule has 0 N–H and O–H groups in total. The molecule has 1 fully saturated rings. The smallest absolute Gasteiger partial charge is 0.186 e. The number of thiazole rings is 1. The second-order valence-corrected chi connectivity index (χ2v) is 5.05. The third kappa shape index (κ3) is 2.18. The van der Waals surface area contributed by atoms with Gasteiger partial charge in [0.05, 0.1) is 18.9 Å². The van der Waals surface area contributed by atoms with E-state index in [9.17, 15) is 0 Å². The second-order valence-electron chi connectivity index (χ2n) is 4.08. The monoisotopic (exact) mass is 237 g/mol. The summed E-state index contributed by atoms with van der Waals surface area (Å²) in [5.41, 5.74) is 0.925. The lowest BCUT2D eigenvalue weighted by molar-refractivity contribution is 0.122. The van der Waals surface area contributed by atoms with E-state index in [2.05, 4.69) is 29.8 Å². The van der Waals surface area contributed by atoms with Gasteiger partial charge in [-0.3, -0.25) is 0 Å². The van der Waals surface area contributed by atoms with Gasteiger partial charge < -0.3 is 9.64 Å². The van der Waals surface area contributed by atoms with Gasteiger partial charge in [-0.1, -0.05) is 25.2 Å². The Kier molecular flexibility index (Phi) is 3.42. The van der Waals surface area contributed by atoms with Crippen LogP contribution in [0.4, 0.5) is 5.13 Å². The maximum atomic E-state index is 9.06. The quantitative estimate of drug-likeness (QED) is 0.789. The van der Waals surface area contributed by atoms with Crippen LogP contribution in [-0.4, -0.2) is 31.3 Å². The number of anilines is 1. The van der Waals surface area contributed by atoms with E-state index >= 15 is 0 Å². The zero-order valence-corrected chi connectivity index (χ0v) is 10.4. The van der Waals surface area contributed by atoms with Gasteiger partial charge in [0.1, 0.15) is 10.9 Å². The number of morpholine rings is 1. The van der Waals surface area contributed by atoms with Crippen LogP contribution in [0.3, 0.4) is 0 Å². The summed E-state index contributed by atoms with van der Waals surface area (Å²) in [6, 6.07) is 2.23. The van der Waals surface area contributed by atoms with E-state index in [4.69, 9.17) is 10.00 Å². The summed E-state index contributed by atoms with van der Waals surface area (Å²) >= 11 is 1.49. The predicted octanol–water partition coefficient (Wildman–Crippen LogP) is 1.97. The molecule has 1 aliphatic rings. The highest BCUT2D eigenvalue weighted by Crippen LogP contribution is 2.30. The lowest BCUT2D eigenvalue weighted by Gasteiger charge is -2.26. The van der Waals surface area contributed by atoms with Crippen molar-refractivity contribution in [3.63, 3.8) is 0 Å². The molecule has 0 spiro atoms. The number of nitriles is 1. The number of nitrogens with zero attached hydrogens (tertiary/aromatic N) is 3. The molecule has 0 atom stereocenters. The van der Waals surface area contributed by atoms with E-state index in [-0.39, 0.29) is 0 Å². The molecule has 5 heteroatoms. The van der Waals surface area contributed by atoms with Gasteiger partial charge in [0.15, 0.2) is 5.13 Å². The van der Waals surface area contributed by atoms with Crippen LogP contribution in [0.1, 0.15) is 30.3 Å². The maximum Gasteiger partial charge on any atom is 0.186 e. The molecule has 2 rings (SSSR count). The molecule has 1 aromatic heterocycles. The Labute approximate surface area is 99.5 Å². The Morgan fingerprint density at radius 1 is 1.44 bits per heavy atom. The summed E-state index contributed by atoms with van der Waals surface area (Å²) < 4.78 is 5.30. The van der Waals surface area contributed by atoms with Crippen molar-refractivity contribution in [3.8, 4) is 6.07 Å². The highest BCUT2D eigenvalue weighted by molar-refractivity contribution is 7.16. The van der Waals surface area contributed by atoms with Crippen LogP contribution in [0.25, 0.3) is 0 Å². The molecular formula is C11H15N3OS. The molecule has 86 valence electrons. The van der Waals surface area contributed by atoms with Gasteiger partial charge in [-0.25, -0.2) is 4.98 Å². The fourth-order valence-electron chi connectivity index (χ4n) is 1.68. The Hall–Kier alpha value is -1.12. The minimum atomic E-state index is 0.306. The van der Waals surface area contributed by atoms with Crippen molar-refractivity contribution in [2.45, 2.75) is 19.8 Å². The molecule has 0 aliphatic carbocycles. The lowest BCUT2D eigenvalue weighted by Crippen LogP contribution is -2.36. The van der Waals surface area contributed by atoms with E-state index in [1.54, 1.807) is 0 Å². The molecule has 2 heterocycles. The van der Waals surface area contributed by atoms with Crippen LogP contribution in [0.15, 0.2) is 0 Å². The maximum absolute atomic E-state index is 9.06. The van der Waals surface area contributed by atoms with Gasteiger partial charge in [-0.2, -0.15) is 5.26 Å². The predicted molar refractivity (Wildman–Crippen MR) is 64.0 cm³/mol. The zero-order valence-electron chi connectivity index (χ0n) is 9.56. The van der Waals surface area contributed by atoms with E-state index in [1.807, 2.05) is 0 Å². The molecule has 0 bridgehead atoms. The minimum absolute atomic E-state index is 0.306. The van der Waals surface area contributed by atoms with E-state index in [1.165, 1.54) is 11.3 Å². The van der Waals surface area contributed by atoms with Crippen molar-refractivity contribution in [3.05, 3.63) is 10.6 Å². The Balaban J connectivity index is 2.25. The largest absolute Gasteiger partial charge is 0.378 e. The molecule has 0 saturated carbocycles. The first-order chi connectivity index (χ1) is 7.72. The lowest BCUT2D eigenvalue weighted by atomic mass is 10.1. The number of hydrogen-bond donors (Lipinski definition) is 0. The van der Waals surface area contributed by atoms with Crippen molar-refractivity contribution < 1.29 is 4.74 Å². The number of ether oxygens (including phenoxy) is 1. The minimum Gasteiger partial charge on any atom is -0.378 e. The fourth-order valence-corrected chi connectivity index (χ4v) is 2.75. The summed E-state index contributed by atoms with van der Waals surface area (Å²) in [6.45, 7) is 7.38. The van der Waals surface area contributed by atoms with Crippen LogP contribution in [0.5, 0.6) is 0 Å². The van der Waals surface area contributed by atoms with E-state index < -0.39 is 0 Å². The van der Waals surface area contributed by atoms with Crippen molar-refractivity contribution >= 4 is 16.5 Å². The van der Waals surface area contributed by atoms with Crippen LogP contribution in [-0.2, 0) is 4.74 Å². The molecule has 4 nitrogen and oxygen atoms in total. The molecule has 1 saturated heterocycles. The van der Waals surface area contributed by atoms with Gasteiger partial charge in [0.2, 0.25) is 0 Å². The zero-order chi connectivity index (χ0) is 11.5. The topological polar surface area (TPSA) is 49.2 Å². The van der Waals surface area contributed by atoms with Crippen LogP contribution >= 0.6 is 11.3 Å². The highest BCUT2D eigenvalue weighted by atomic mass is 32.1. The molecule has 0 unspecified atom stereocenters. The van der Waals surface area contributed by atoms with Crippen LogP contribution < -0.4 is 4.90 Å². The first-order valence-corrected chi connectivity index (χ1v) is 6.27. The van der Waals surface area contributed by atoms with E-state index in [0.29, 0.717) is 5.92 Å². The number of rotatable bonds is 2. The summed E-state index contributed by atoms with van der Waals surface area (Å²) in [5, 5.41) is 10.0. The SMILES string of the molecule is CC(C)c1nc(N2CCOCC2)sc1C#N. The molecule has 1 aliphatic heterocycles. The van der Waals surface area contributed by atoms with Crippen LogP contribution in [0, 0.1) is 11.3 Å². The molecule has 1 aromatic rings. The molecule has 0 amide bonds. The van der Waals surface area contributed by atoms with Gasteiger partial charge in [-0.15, -0.1) is 0 Å². The molecule has 0 aromatic carbocycles. The van der Waals surface area contributed by atoms with Gasteiger partial charge in [-0.05, 0) is 5.92 Å². The van der Waals surface area contributed by atoms with E-state index in [0.717, 1.165) is 42.0 Å². The standard InChI is InChI=1S/C11H15N3OS/c1-8(2)10-9(7-12)16-11(13-10)14-3-5-15-6-4-14/h8H,3-6H2,1-2H3. The average Bonchev–Trinajstić information content (AvgIpc) is 2.74. The fraction of sp³-hybridized carbons (Fsp3) is 0.636. The van der Waals surface area contributed by atoms with Gasteiger partial charge >= 0.3 is 0 Å². The summed E-state index contributed by atoms with van der Waals surface area (Å²) in [5.74, 6) is 0.306. The molecule has 0 radical (unpaired) electrons. The third-order valence-corrected chi connectivity index (χ3v) is 3.61. The molecule has 16 heavy (non-hydrogen) atoms. The first kappa shape index (κ1) is 11.4. The van der Waals surface area contributed by atoms with Gasteiger partial charge in [0.25, 0.3) is 0 Å². The third-order valence-electron chi connectivity index (χ3n) is 2.57.